The highest BCUT2D eigenvalue weighted by molar-refractivity contribution is 9.10. The molecule has 0 saturated carbocycles. The summed E-state index contributed by atoms with van der Waals surface area (Å²) in [7, 11) is 1.69. The Morgan fingerprint density at radius 1 is 1.38 bits per heavy atom. The maximum atomic E-state index is 5.82. The van der Waals surface area contributed by atoms with Crippen molar-refractivity contribution in [2.45, 2.75) is 32.0 Å². The largest absolute Gasteiger partial charge is 0.375 e. The van der Waals surface area contributed by atoms with Crippen LogP contribution in [0.4, 0.5) is 0 Å². The van der Waals surface area contributed by atoms with Crippen LogP contribution in [0.2, 0.25) is 0 Å². The van der Waals surface area contributed by atoms with E-state index >= 15 is 0 Å². The molecule has 2 aromatic rings. The van der Waals surface area contributed by atoms with E-state index in [0.29, 0.717) is 0 Å². The maximum Gasteiger partial charge on any atom is 0.104 e. The molecule has 2 unspecified atom stereocenters. The van der Waals surface area contributed by atoms with E-state index < -0.39 is 0 Å². The quantitative estimate of drug-likeness (QED) is 0.593. The molecular weight excluding hydrogens is 332 g/mol. The fourth-order valence-electron chi connectivity index (χ4n) is 2.49. The Kier molecular flexibility index (Phi) is 5.93. The van der Waals surface area contributed by atoms with E-state index in [1.165, 1.54) is 0 Å². The number of hydrogen-bond donors (Lipinski definition) is 2. The zero-order chi connectivity index (χ0) is 15.2. The van der Waals surface area contributed by atoms with Crippen LogP contribution in [-0.4, -0.2) is 16.9 Å². The summed E-state index contributed by atoms with van der Waals surface area (Å²) in [4.78, 5) is 0. The van der Waals surface area contributed by atoms with Gasteiger partial charge in [0.05, 0.1) is 22.4 Å². The number of rotatable bonds is 7. The van der Waals surface area contributed by atoms with Gasteiger partial charge in [0.15, 0.2) is 0 Å². The molecule has 0 radical (unpaired) electrons. The Morgan fingerprint density at radius 3 is 2.67 bits per heavy atom. The van der Waals surface area contributed by atoms with E-state index in [4.69, 9.17) is 10.6 Å². The normalized spacial score (nSPS) is 14.1. The average Bonchev–Trinajstić information content (AvgIpc) is 2.87. The van der Waals surface area contributed by atoms with Gasteiger partial charge in [0.25, 0.3) is 0 Å². The number of ether oxygens (including phenoxy) is 1. The minimum Gasteiger partial charge on any atom is -0.375 e. The van der Waals surface area contributed by atoms with Crippen molar-refractivity contribution in [1.29, 1.82) is 0 Å². The third-order valence-electron chi connectivity index (χ3n) is 3.43. The first-order chi connectivity index (χ1) is 10.2. The van der Waals surface area contributed by atoms with Gasteiger partial charge in [-0.05, 0) is 27.9 Å². The van der Waals surface area contributed by atoms with Gasteiger partial charge >= 0.3 is 0 Å². The Morgan fingerprint density at radius 2 is 2.10 bits per heavy atom. The first-order valence-corrected chi connectivity index (χ1v) is 7.77. The molecule has 0 aliphatic heterocycles. The van der Waals surface area contributed by atoms with Gasteiger partial charge in [-0.2, -0.15) is 5.10 Å². The molecule has 0 fully saturated rings. The second kappa shape index (κ2) is 7.70. The van der Waals surface area contributed by atoms with Gasteiger partial charge in [-0.25, -0.2) is 5.43 Å². The molecule has 1 aromatic carbocycles. The third kappa shape index (κ3) is 3.52. The summed E-state index contributed by atoms with van der Waals surface area (Å²) in [5.74, 6) is 5.82. The van der Waals surface area contributed by atoms with Crippen LogP contribution in [-0.2, 0) is 11.3 Å². The molecule has 0 spiro atoms. The predicted octanol–water partition coefficient (Wildman–Crippen LogP) is 2.95. The number of hydrogen-bond acceptors (Lipinski definition) is 4. The van der Waals surface area contributed by atoms with E-state index in [-0.39, 0.29) is 12.1 Å². The van der Waals surface area contributed by atoms with E-state index in [1.807, 2.05) is 35.0 Å². The standard InChI is InChI=1S/C15H21BrN4O/c1-3-9-20-14(12(16)10-18-20)13(19-17)15(21-2)11-7-5-4-6-8-11/h4-8,10,13,15,19H,3,9,17H2,1-2H3. The van der Waals surface area contributed by atoms with Crippen LogP contribution < -0.4 is 11.3 Å². The minimum absolute atomic E-state index is 0.194. The van der Waals surface area contributed by atoms with Crippen LogP contribution in [0.15, 0.2) is 41.0 Å². The van der Waals surface area contributed by atoms with Crippen molar-refractivity contribution >= 4 is 15.9 Å². The van der Waals surface area contributed by atoms with Crippen molar-refractivity contribution in [2.24, 2.45) is 5.84 Å². The lowest BCUT2D eigenvalue weighted by atomic mass is 10.00. The van der Waals surface area contributed by atoms with Crippen LogP contribution >= 0.6 is 15.9 Å². The number of nitrogens with zero attached hydrogens (tertiary/aromatic N) is 2. The Labute approximate surface area is 133 Å². The lowest BCUT2D eigenvalue weighted by Gasteiger charge is -2.27. The van der Waals surface area contributed by atoms with Gasteiger partial charge in [0, 0.05) is 13.7 Å². The lowest BCUT2D eigenvalue weighted by Crippen LogP contribution is -2.35. The highest BCUT2D eigenvalue weighted by atomic mass is 79.9. The highest BCUT2D eigenvalue weighted by Gasteiger charge is 2.28. The summed E-state index contributed by atoms with van der Waals surface area (Å²) in [6.07, 6.45) is 2.61. The first-order valence-electron chi connectivity index (χ1n) is 6.98. The summed E-state index contributed by atoms with van der Waals surface area (Å²) >= 11 is 3.56. The number of methoxy groups -OCH3 is 1. The van der Waals surface area contributed by atoms with Crippen molar-refractivity contribution in [2.75, 3.05) is 7.11 Å². The van der Waals surface area contributed by atoms with Gasteiger partial charge in [-0.15, -0.1) is 0 Å². The summed E-state index contributed by atoms with van der Waals surface area (Å²) < 4.78 is 8.59. The van der Waals surface area contributed by atoms with Crippen LogP contribution in [0.5, 0.6) is 0 Å². The monoisotopic (exact) mass is 352 g/mol. The van der Waals surface area contributed by atoms with Gasteiger partial charge < -0.3 is 4.74 Å². The maximum absolute atomic E-state index is 5.82. The van der Waals surface area contributed by atoms with Crippen molar-refractivity contribution in [3.8, 4) is 0 Å². The summed E-state index contributed by atoms with van der Waals surface area (Å²) in [5, 5.41) is 4.40. The van der Waals surface area contributed by atoms with Crippen molar-refractivity contribution < 1.29 is 4.74 Å². The Bertz CT molecular complexity index is 558. The van der Waals surface area contributed by atoms with Crippen molar-refractivity contribution in [3.05, 3.63) is 52.3 Å². The smallest absolute Gasteiger partial charge is 0.104 e. The van der Waals surface area contributed by atoms with E-state index in [1.54, 1.807) is 13.3 Å². The van der Waals surface area contributed by atoms with Gasteiger partial charge in [-0.1, -0.05) is 37.3 Å². The molecule has 0 aliphatic rings. The molecule has 0 amide bonds. The Hall–Kier alpha value is -1.21. The predicted molar refractivity (Wildman–Crippen MR) is 86.5 cm³/mol. The number of nitrogens with two attached hydrogens (primary N) is 1. The molecule has 0 aliphatic carbocycles. The molecule has 0 bridgehead atoms. The molecule has 114 valence electrons. The van der Waals surface area contributed by atoms with Crippen molar-refractivity contribution in [1.82, 2.24) is 15.2 Å². The van der Waals surface area contributed by atoms with E-state index in [2.05, 4.69) is 33.4 Å². The fourth-order valence-corrected chi connectivity index (χ4v) is 3.03. The third-order valence-corrected chi connectivity index (χ3v) is 4.04. The van der Waals surface area contributed by atoms with Crippen LogP contribution in [0, 0.1) is 0 Å². The summed E-state index contributed by atoms with van der Waals surface area (Å²) in [6, 6.07) is 9.85. The molecule has 1 aromatic heterocycles. The van der Waals surface area contributed by atoms with E-state index in [0.717, 1.165) is 28.7 Å². The zero-order valence-electron chi connectivity index (χ0n) is 12.3. The minimum atomic E-state index is -0.195. The SMILES string of the molecule is CCCn1ncc(Br)c1C(NN)C(OC)c1ccccc1. The molecule has 2 atom stereocenters. The van der Waals surface area contributed by atoms with Crippen LogP contribution in [0.3, 0.4) is 0 Å². The van der Waals surface area contributed by atoms with Crippen LogP contribution in [0.1, 0.15) is 36.7 Å². The molecule has 1 heterocycles. The lowest BCUT2D eigenvalue weighted by molar-refractivity contribution is 0.0643. The number of nitrogens with one attached hydrogen (secondary N) is 1. The summed E-state index contributed by atoms with van der Waals surface area (Å²) in [6.45, 7) is 2.96. The highest BCUT2D eigenvalue weighted by Crippen LogP contribution is 2.34. The zero-order valence-corrected chi connectivity index (χ0v) is 13.9. The number of hydrazine groups is 1. The number of halogens is 1. The Balaban J connectivity index is 2.40. The second-order valence-corrected chi connectivity index (χ2v) is 5.67. The van der Waals surface area contributed by atoms with Gasteiger partial charge in [0.2, 0.25) is 0 Å². The van der Waals surface area contributed by atoms with Crippen LogP contribution in [0.25, 0.3) is 0 Å². The number of benzene rings is 1. The molecule has 0 saturated heterocycles. The van der Waals surface area contributed by atoms with Gasteiger partial charge in [0.1, 0.15) is 6.10 Å². The fraction of sp³-hybridized carbons (Fsp3) is 0.400. The second-order valence-electron chi connectivity index (χ2n) is 4.81. The molecule has 2 rings (SSSR count). The average molecular weight is 353 g/mol. The van der Waals surface area contributed by atoms with E-state index in [9.17, 15) is 0 Å². The molecule has 3 N–H and O–H groups in total. The van der Waals surface area contributed by atoms with Gasteiger partial charge in [-0.3, -0.25) is 10.5 Å². The van der Waals surface area contributed by atoms with Crippen molar-refractivity contribution in [3.63, 3.8) is 0 Å². The molecular formula is C15H21BrN4O. The molecule has 5 nitrogen and oxygen atoms in total. The number of aromatic nitrogens is 2. The molecule has 21 heavy (non-hydrogen) atoms. The summed E-state index contributed by atoms with van der Waals surface area (Å²) in [5.41, 5.74) is 4.94. The number of aryl methyl sites for hydroxylation is 1. The molecule has 6 heteroatoms. The first kappa shape index (κ1) is 16.2. The topological polar surface area (TPSA) is 65.1 Å².